The molecule has 5 aliphatic rings. The number of nitrogens with one attached hydrogen (secondary N) is 3. The monoisotopic (exact) mass is 697 g/mol. The van der Waals surface area contributed by atoms with Gasteiger partial charge in [-0.25, -0.2) is 13.2 Å². The highest BCUT2D eigenvalue weighted by Crippen LogP contribution is 2.46. The number of oxime groups is 1. The Balaban J connectivity index is 1.26. The van der Waals surface area contributed by atoms with E-state index in [4.69, 9.17) is 9.57 Å². The van der Waals surface area contributed by atoms with Crippen molar-refractivity contribution in [2.24, 2.45) is 11.1 Å². The van der Waals surface area contributed by atoms with Crippen LogP contribution in [0.2, 0.25) is 0 Å². The van der Waals surface area contributed by atoms with E-state index in [1.165, 1.54) is 4.90 Å². The fourth-order valence-corrected chi connectivity index (χ4v) is 8.11. The molecule has 3 saturated carbocycles. The Hall–Kier alpha value is -3.94. The Morgan fingerprint density at radius 1 is 1.02 bits per heavy atom. The number of alkyl carbamates (subject to hydrolysis) is 1. The van der Waals surface area contributed by atoms with Crippen molar-refractivity contribution in [3.05, 3.63) is 48.0 Å². The van der Waals surface area contributed by atoms with Gasteiger partial charge in [0, 0.05) is 12.3 Å². The summed E-state index contributed by atoms with van der Waals surface area (Å²) in [5, 5.41) is 9.44. The van der Waals surface area contributed by atoms with E-state index in [0.717, 1.165) is 44.1 Å². The summed E-state index contributed by atoms with van der Waals surface area (Å²) in [5.74, 6) is -2.21. The van der Waals surface area contributed by atoms with E-state index < -0.39 is 68.7 Å². The molecule has 1 aromatic carbocycles. The van der Waals surface area contributed by atoms with Crippen LogP contribution in [0.25, 0.3) is 0 Å². The number of amides is 4. The lowest BCUT2D eigenvalue weighted by Gasteiger charge is -2.30. The van der Waals surface area contributed by atoms with E-state index in [-0.39, 0.29) is 25.5 Å². The molecule has 3 N–H and O–H groups in total. The zero-order valence-corrected chi connectivity index (χ0v) is 28.8. The van der Waals surface area contributed by atoms with Gasteiger partial charge in [-0.2, -0.15) is 0 Å². The molecule has 49 heavy (non-hydrogen) atoms. The molecule has 2 heterocycles. The number of hydrogen-bond acceptors (Lipinski definition) is 9. The first-order chi connectivity index (χ1) is 23.6. The summed E-state index contributed by atoms with van der Waals surface area (Å²) in [6.45, 7) is 1.98. The molecule has 3 aliphatic carbocycles. The van der Waals surface area contributed by atoms with Crippen molar-refractivity contribution < 1.29 is 37.2 Å². The minimum atomic E-state index is -3.86. The summed E-state index contributed by atoms with van der Waals surface area (Å²) in [5.41, 5.74) is 0.135. The van der Waals surface area contributed by atoms with Gasteiger partial charge in [0.2, 0.25) is 21.8 Å². The second-order valence-corrected chi connectivity index (χ2v) is 15.9. The van der Waals surface area contributed by atoms with Crippen LogP contribution >= 0.6 is 0 Å². The predicted molar refractivity (Wildman–Crippen MR) is 181 cm³/mol. The Bertz CT molecular complexity index is 1570. The Morgan fingerprint density at radius 2 is 1.80 bits per heavy atom. The molecule has 0 aromatic heterocycles. The minimum Gasteiger partial charge on any atom is -0.446 e. The number of fused-ring (bicyclic) bond motifs is 2. The van der Waals surface area contributed by atoms with Crippen LogP contribution < -0.4 is 15.4 Å². The lowest BCUT2D eigenvalue weighted by atomic mass is 9.96. The SMILES string of the molecule is CC/C(=N\O[C@@H]1C[C@H]2C(=O)NC3(C(=O)NS(=O)(=O)C4CC4)C[C@H]3/C=C\CCCCC[C@H](NC(=O)OC3CCC3)C(=O)N2C1)c1ccccc1. The van der Waals surface area contributed by atoms with Gasteiger partial charge in [0.15, 0.2) is 0 Å². The highest BCUT2D eigenvalue weighted by atomic mass is 32.2. The zero-order chi connectivity index (χ0) is 34.6. The number of sulfonamides is 1. The zero-order valence-electron chi connectivity index (χ0n) is 28.0. The van der Waals surface area contributed by atoms with Crippen LogP contribution in [0.3, 0.4) is 0 Å². The molecule has 1 aromatic rings. The van der Waals surface area contributed by atoms with Crippen molar-refractivity contribution in [1.82, 2.24) is 20.3 Å². The van der Waals surface area contributed by atoms with Gasteiger partial charge in [0.1, 0.15) is 29.8 Å². The summed E-state index contributed by atoms with van der Waals surface area (Å²) >= 11 is 0. The molecule has 0 radical (unpaired) electrons. The average Bonchev–Trinajstić information content (AvgIpc) is 3.99. The first kappa shape index (κ1) is 34.9. The molecule has 266 valence electrons. The fraction of sp³-hybridized carbons (Fsp3) is 0.629. The molecule has 0 bridgehead atoms. The first-order valence-electron chi connectivity index (χ1n) is 17.7. The van der Waals surface area contributed by atoms with Gasteiger partial charge in [-0.05, 0) is 69.8 Å². The van der Waals surface area contributed by atoms with Gasteiger partial charge in [0.05, 0.1) is 17.5 Å². The van der Waals surface area contributed by atoms with Crippen molar-refractivity contribution in [2.45, 2.75) is 125 Å². The molecule has 6 rings (SSSR count). The van der Waals surface area contributed by atoms with Crippen molar-refractivity contribution >= 4 is 39.5 Å². The van der Waals surface area contributed by atoms with Gasteiger partial charge < -0.3 is 25.1 Å². The summed E-state index contributed by atoms with van der Waals surface area (Å²) in [7, 11) is -3.86. The van der Waals surface area contributed by atoms with Crippen molar-refractivity contribution in [3.8, 4) is 0 Å². The van der Waals surface area contributed by atoms with Crippen molar-refractivity contribution in [2.75, 3.05) is 6.54 Å². The lowest BCUT2D eigenvalue weighted by molar-refractivity contribution is -0.141. The van der Waals surface area contributed by atoms with Gasteiger partial charge in [-0.3, -0.25) is 19.1 Å². The third kappa shape index (κ3) is 8.27. The van der Waals surface area contributed by atoms with Crippen LogP contribution in [0, 0.1) is 5.92 Å². The number of carbonyl (C=O) groups is 4. The number of nitrogens with zero attached hydrogens (tertiary/aromatic N) is 2. The summed E-state index contributed by atoms with van der Waals surface area (Å²) in [4.78, 5) is 62.2. The van der Waals surface area contributed by atoms with Crippen LogP contribution in [0.4, 0.5) is 4.79 Å². The Kier molecular flexibility index (Phi) is 10.6. The van der Waals surface area contributed by atoms with Crippen LogP contribution in [0.15, 0.2) is 47.6 Å². The van der Waals surface area contributed by atoms with E-state index in [1.54, 1.807) is 0 Å². The number of carbonyl (C=O) groups excluding carboxylic acids is 4. The fourth-order valence-electron chi connectivity index (χ4n) is 6.74. The number of ether oxygens (including phenoxy) is 1. The quantitative estimate of drug-likeness (QED) is 0.200. The van der Waals surface area contributed by atoms with Crippen LogP contribution in [-0.2, 0) is 34.0 Å². The molecular formula is C35H47N5O8S. The topological polar surface area (TPSA) is 173 Å². The van der Waals surface area contributed by atoms with Crippen molar-refractivity contribution in [1.29, 1.82) is 0 Å². The van der Waals surface area contributed by atoms with Gasteiger partial charge in [-0.1, -0.05) is 67.4 Å². The van der Waals surface area contributed by atoms with E-state index in [9.17, 15) is 27.6 Å². The highest BCUT2D eigenvalue weighted by molar-refractivity contribution is 7.91. The molecule has 2 aliphatic heterocycles. The largest absolute Gasteiger partial charge is 0.446 e. The van der Waals surface area contributed by atoms with E-state index >= 15 is 0 Å². The molecule has 0 spiro atoms. The maximum Gasteiger partial charge on any atom is 0.408 e. The summed E-state index contributed by atoms with van der Waals surface area (Å²) in [6, 6.07) is 7.58. The molecule has 5 atom stereocenters. The number of benzene rings is 1. The van der Waals surface area contributed by atoms with E-state index in [2.05, 4.69) is 20.5 Å². The molecule has 1 unspecified atom stereocenters. The van der Waals surface area contributed by atoms with Gasteiger partial charge in [0.25, 0.3) is 5.91 Å². The average molecular weight is 698 g/mol. The minimum absolute atomic E-state index is 0.0284. The van der Waals surface area contributed by atoms with Crippen molar-refractivity contribution in [3.63, 3.8) is 0 Å². The number of allylic oxidation sites excluding steroid dienone is 1. The molecule has 14 heteroatoms. The van der Waals surface area contributed by atoms with Crippen LogP contribution in [0.1, 0.15) is 96.0 Å². The second kappa shape index (κ2) is 14.9. The van der Waals surface area contributed by atoms with Gasteiger partial charge in [-0.15, -0.1) is 0 Å². The molecule has 4 fully saturated rings. The van der Waals surface area contributed by atoms with Crippen LogP contribution in [-0.4, -0.2) is 84.5 Å². The number of rotatable bonds is 9. The first-order valence-corrected chi connectivity index (χ1v) is 19.2. The molecule has 13 nitrogen and oxygen atoms in total. The second-order valence-electron chi connectivity index (χ2n) is 13.9. The van der Waals surface area contributed by atoms with Gasteiger partial charge >= 0.3 is 6.09 Å². The van der Waals surface area contributed by atoms with Crippen LogP contribution in [0.5, 0.6) is 0 Å². The molecular weight excluding hydrogens is 650 g/mol. The summed E-state index contributed by atoms with van der Waals surface area (Å²) < 4.78 is 33.2. The Morgan fingerprint density at radius 3 is 2.49 bits per heavy atom. The third-order valence-electron chi connectivity index (χ3n) is 10.2. The maximum atomic E-state index is 14.3. The highest BCUT2D eigenvalue weighted by Gasteiger charge is 2.62. The number of hydrogen-bond donors (Lipinski definition) is 3. The smallest absolute Gasteiger partial charge is 0.408 e. The maximum absolute atomic E-state index is 14.3. The predicted octanol–water partition coefficient (Wildman–Crippen LogP) is 3.44. The van der Waals surface area contributed by atoms with E-state index in [1.807, 2.05) is 49.4 Å². The Labute approximate surface area is 287 Å². The third-order valence-corrected chi connectivity index (χ3v) is 12.0. The molecule has 4 amide bonds. The molecule has 1 saturated heterocycles. The lowest BCUT2D eigenvalue weighted by Crippen LogP contribution is -2.58. The summed E-state index contributed by atoms with van der Waals surface area (Å²) in [6.07, 6.45) is 10.2. The normalized spacial score (nSPS) is 30.3. The van der Waals surface area contributed by atoms with E-state index in [0.29, 0.717) is 37.8 Å². The standard InChI is InChI=1S/C35H47N5O8S/c1-2-28(23-12-7-6-8-13-23)38-48-26-20-30-31(41)37-35(33(43)39-49(45,46)27-18-19-27)21-24(35)14-9-4-3-5-10-17-29(32(42)40(30)22-26)36-34(44)47-25-15-11-16-25/h6-9,12-14,24-27,29-30H,2-5,10-11,15-22H2,1H3,(H,36,44)(H,37,41)(H,39,43)/b14-9-,38-28+/t24-,26-,29+,30+,35?/m1/s1.